The van der Waals surface area contributed by atoms with Gasteiger partial charge in [0.05, 0.1) is 0 Å². The number of rotatable bonds is 4. The first kappa shape index (κ1) is 10.5. The molecular formula is C8H18ClSi. The Kier molecular flexibility index (Phi) is 5.46. The van der Waals surface area contributed by atoms with Crippen molar-refractivity contribution < 1.29 is 0 Å². The van der Waals surface area contributed by atoms with Gasteiger partial charge in [-0.3, -0.25) is 0 Å². The van der Waals surface area contributed by atoms with Gasteiger partial charge in [-0.15, -0.1) is 0 Å². The molecule has 0 aliphatic heterocycles. The van der Waals surface area contributed by atoms with Gasteiger partial charge >= 0.3 is 0 Å². The Hall–Kier alpha value is 0.507. The minimum Gasteiger partial charge on any atom is -0.168 e. The average Bonchev–Trinajstić information content (AvgIpc) is 2.00. The lowest BCUT2D eigenvalue weighted by Gasteiger charge is -2.18. The summed E-state index contributed by atoms with van der Waals surface area (Å²) in [6.45, 7) is 8.99. The van der Waals surface area contributed by atoms with E-state index in [-0.39, 0.29) is 0 Å². The maximum absolute atomic E-state index is 6.28. The van der Waals surface area contributed by atoms with Gasteiger partial charge in [0.2, 0.25) is 0 Å². The van der Waals surface area contributed by atoms with Crippen molar-refractivity contribution in [3.63, 3.8) is 0 Å². The van der Waals surface area contributed by atoms with E-state index >= 15 is 0 Å². The predicted molar refractivity (Wildman–Crippen MR) is 51.0 cm³/mol. The van der Waals surface area contributed by atoms with E-state index in [4.69, 9.17) is 11.1 Å². The van der Waals surface area contributed by atoms with Gasteiger partial charge in [-0.2, -0.15) is 11.1 Å². The Balaban J connectivity index is 3.69. The van der Waals surface area contributed by atoms with Crippen LogP contribution in [0.3, 0.4) is 0 Å². The first-order valence-electron chi connectivity index (χ1n) is 4.15. The highest BCUT2D eigenvalue weighted by Crippen LogP contribution is 2.28. The third-order valence-corrected chi connectivity index (χ3v) is 7.10. The summed E-state index contributed by atoms with van der Waals surface area (Å²) in [5, 5.41) is 0. The molecule has 0 amide bonds. The second kappa shape index (κ2) is 5.20. The topological polar surface area (TPSA) is 0 Å². The molecule has 0 aliphatic carbocycles. The van der Waals surface area contributed by atoms with Crippen LogP contribution in [0.2, 0.25) is 11.1 Å². The smallest absolute Gasteiger partial charge is 0.168 e. The molecule has 0 fully saturated rings. The van der Waals surface area contributed by atoms with Crippen molar-refractivity contribution >= 4 is 19.2 Å². The molecule has 0 rings (SSSR count). The number of halogens is 1. The zero-order valence-corrected chi connectivity index (χ0v) is 9.20. The Labute approximate surface area is 71.3 Å². The molecule has 1 radical (unpaired) electrons. The Morgan fingerprint density at radius 1 is 1.10 bits per heavy atom. The molecule has 2 unspecified atom stereocenters. The van der Waals surface area contributed by atoms with Gasteiger partial charge in [-0.05, 0) is 11.1 Å². The standard InChI is InChI=1S/C8H18ClSi/c1-5-7(3)10(9)8(4)6-2/h7-8H,5-6H2,1-4H3. The molecule has 0 aliphatic rings. The van der Waals surface area contributed by atoms with Crippen LogP contribution in [0.25, 0.3) is 0 Å². The number of hydrogen-bond acceptors (Lipinski definition) is 0. The van der Waals surface area contributed by atoms with E-state index in [9.17, 15) is 0 Å². The Bertz CT molecular complexity index is 75.3. The van der Waals surface area contributed by atoms with Crippen molar-refractivity contribution in [1.82, 2.24) is 0 Å². The predicted octanol–water partition coefficient (Wildman–Crippen LogP) is 3.82. The fourth-order valence-electron chi connectivity index (χ4n) is 0.876. The molecule has 0 heterocycles. The first-order valence-corrected chi connectivity index (χ1v) is 6.82. The third-order valence-electron chi connectivity index (χ3n) is 2.17. The first-order chi connectivity index (χ1) is 4.63. The van der Waals surface area contributed by atoms with Crippen molar-refractivity contribution in [3.8, 4) is 0 Å². The summed E-state index contributed by atoms with van der Waals surface area (Å²) in [7, 11) is -0.575. The zero-order chi connectivity index (χ0) is 8.15. The average molecular weight is 178 g/mol. The molecule has 0 spiro atoms. The second-order valence-corrected chi connectivity index (χ2v) is 7.05. The molecule has 0 saturated heterocycles. The van der Waals surface area contributed by atoms with Crippen LogP contribution in [0.1, 0.15) is 40.5 Å². The molecule has 61 valence electrons. The molecule has 0 aromatic rings. The molecular weight excluding hydrogens is 160 g/mol. The van der Waals surface area contributed by atoms with E-state index in [2.05, 4.69) is 27.7 Å². The van der Waals surface area contributed by atoms with E-state index in [1.807, 2.05) is 0 Å². The lowest BCUT2D eigenvalue weighted by molar-refractivity contribution is 0.797. The number of hydrogen-bond donors (Lipinski definition) is 0. The van der Waals surface area contributed by atoms with E-state index in [0.29, 0.717) is 0 Å². The van der Waals surface area contributed by atoms with Crippen LogP contribution in [0.4, 0.5) is 0 Å². The van der Waals surface area contributed by atoms with Crippen molar-refractivity contribution in [3.05, 3.63) is 0 Å². The summed E-state index contributed by atoms with van der Waals surface area (Å²) < 4.78 is 0. The summed E-state index contributed by atoms with van der Waals surface area (Å²) in [4.78, 5) is 0. The highest BCUT2D eigenvalue weighted by Gasteiger charge is 2.21. The Morgan fingerprint density at radius 2 is 1.40 bits per heavy atom. The van der Waals surface area contributed by atoms with E-state index < -0.39 is 8.11 Å². The molecule has 0 bridgehead atoms. The normalized spacial score (nSPS) is 17.4. The fourth-order valence-corrected chi connectivity index (χ4v) is 3.55. The molecule has 0 saturated carbocycles. The largest absolute Gasteiger partial charge is 0.171 e. The monoisotopic (exact) mass is 177 g/mol. The lowest BCUT2D eigenvalue weighted by atomic mass is 10.4. The molecule has 0 aromatic heterocycles. The summed E-state index contributed by atoms with van der Waals surface area (Å²) in [5.41, 5.74) is 1.53. The van der Waals surface area contributed by atoms with Crippen LogP contribution in [-0.4, -0.2) is 8.11 Å². The van der Waals surface area contributed by atoms with Crippen LogP contribution < -0.4 is 0 Å². The molecule has 2 heteroatoms. The molecule has 0 N–H and O–H groups in total. The molecule has 10 heavy (non-hydrogen) atoms. The van der Waals surface area contributed by atoms with Crippen molar-refractivity contribution in [2.24, 2.45) is 0 Å². The molecule has 2 atom stereocenters. The quantitative estimate of drug-likeness (QED) is 0.453. The van der Waals surface area contributed by atoms with E-state index in [1.165, 1.54) is 12.8 Å². The van der Waals surface area contributed by atoms with Crippen LogP contribution in [0.5, 0.6) is 0 Å². The van der Waals surface area contributed by atoms with Crippen LogP contribution >= 0.6 is 11.1 Å². The summed E-state index contributed by atoms with van der Waals surface area (Å²) in [6.07, 6.45) is 2.48. The second-order valence-electron chi connectivity index (χ2n) is 3.00. The van der Waals surface area contributed by atoms with Crippen molar-refractivity contribution in [2.45, 2.75) is 51.6 Å². The maximum atomic E-state index is 6.28. The third kappa shape index (κ3) is 3.06. The SMILES string of the molecule is CCC(C)[Si](Cl)C(C)CC. The van der Waals surface area contributed by atoms with E-state index in [1.54, 1.807) is 0 Å². The highest BCUT2D eigenvalue weighted by atomic mass is 35.6. The minimum absolute atomic E-state index is 0.575. The minimum atomic E-state index is -0.575. The summed E-state index contributed by atoms with van der Waals surface area (Å²) >= 11 is 6.28. The summed E-state index contributed by atoms with van der Waals surface area (Å²) in [5.74, 6) is 0. The lowest BCUT2D eigenvalue weighted by Crippen LogP contribution is -2.16. The summed E-state index contributed by atoms with van der Waals surface area (Å²) in [6, 6.07) is 0. The van der Waals surface area contributed by atoms with Gasteiger partial charge in [0.1, 0.15) is 0 Å². The Morgan fingerprint density at radius 3 is 1.60 bits per heavy atom. The zero-order valence-electron chi connectivity index (χ0n) is 7.45. The van der Waals surface area contributed by atoms with Gasteiger partial charge in [0.25, 0.3) is 0 Å². The van der Waals surface area contributed by atoms with Gasteiger partial charge in [-0.1, -0.05) is 40.5 Å². The van der Waals surface area contributed by atoms with Crippen molar-refractivity contribution in [1.29, 1.82) is 0 Å². The van der Waals surface area contributed by atoms with Crippen LogP contribution in [-0.2, 0) is 0 Å². The van der Waals surface area contributed by atoms with Gasteiger partial charge in [0, 0.05) is 0 Å². The van der Waals surface area contributed by atoms with E-state index in [0.717, 1.165) is 11.1 Å². The van der Waals surface area contributed by atoms with Gasteiger partial charge in [-0.25, -0.2) is 0 Å². The van der Waals surface area contributed by atoms with Crippen LogP contribution in [0.15, 0.2) is 0 Å². The molecule has 0 nitrogen and oxygen atoms in total. The van der Waals surface area contributed by atoms with Crippen molar-refractivity contribution in [2.75, 3.05) is 0 Å². The van der Waals surface area contributed by atoms with Crippen LogP contribution in [0, 0.1) is 0 Å². The van der Waals surface area contributed by atoms with Gasteiger partial charge in [0.15, 0.2) is 8.11 Å². The fraction of sp³-hybridized carbons (Fsp3) is 1.00. The molecule has 0 aromatic carbocycles. The highest BCUT2D eigenvalue weighted by molar-refractivity contribution is 7.08. The maximum Gasteiger partial charge on any atom is 0.171 e. The van der Waals surface area contributed by atoms with Gasteiger partial charge < -0.3 is 0 Å².